The van der Waals surface area contributed by atoms with E-state index in [1.807, 2.05) is 0 Å². The minimum absolute atomic E-state index is 0.0961. The number of amides is 3. The predicted octanol–water partition coefficient (Wildman–Crippen LogP) is 8.37. The van der Waals surface area contributed by atoms with Crippen molar-refractivity contribution in [2.24, 2.45) is 5.41 Å². The molecule has 7 nitrogen and oxygen atoms in total. The molecule has 0 saturated carbocycles. The van der Waals surface area contributed by atoms with E-state index in [1.54, 1.807) is 0 Å². The lowest BCUT2D eigenvalue weighted by atomic mass is 9.91. The van der Waals surface area contributed by atoms with Crippen LogP contribution in [0.3, 0.4) is 0 Å². The normalized spacial score (nSPS) is 12.1. The zero-order valence-corrected chi connectivity index (χ0v) is 25.1. The van der Waals surface area contributed by atoms with Gasteiger partial charge in [-0.3, -0.25) is 14.4 Å². The van der Waals surface area contributed by atoms with Crippen LogP contribution in [-0.4, -0.2) is 36.9 Å². The van der Waals surface area contributed by atoms with E-state index >= 15 is 0 Å². The lowest BCUT2D eigenvalue weighted by Gasteiger charge is -2.26. The number of carbonyl (C=O) groups is 3. The van der Waals surface area contributed by atoms with Crippen LogP contribution >= 0.6 is 23.2 Å². The molecule has 46 heavy (non-hydrogen) atoms. The van der Waals surface area contributed by atoms with Crippen molar-refractivity contribution in [3.05, 3.63) is 86.9 Å². The molecule has 248 valence electrons. The number of benzene rings is 3. The Morgan fingerprint density at radius 1 is 0.783 bits per heavy atom. The van der Waals surface area contributed by atoms with Crippen LogP contribution in [0.4, 0.5) is 46.5 Å². The Balaban J connectivity index is 1.86. The predicted molar refractivity (Wildman–Crippen MR) is 153 cm³/mol. The molecule has 0 aliphatic rings. The zero-order valence-electron chi connectivity index (χ0n) is 23.6. The summed E-state index contributed by atoms with van der Waals surface area (Å²) < 4.78 is 110. The summed E-state index contributed by atoms with van der Waals surface area (Å²) in [5.74, 6) is -3.67. The molecule has 3 amide bonds. The maximum absolute atomic E-state index is 13.3. The molecule has 3 N–H and O–H groups in total. The molecule has 0 bridgehead atoms. The lowest BCUT2D eigenvalue weighted by molar-refractivity contribution is -0.211. The molecule has 0 aliphatic carbocycles. The Labute approximate surface area is 266 Å². The monoisotopic (exact) mass is 699 g/mol. The van der Waals surface area contributed by atoms with Crippen molar-refractivity contribution < 1.29 is 54.2 Å². The highest BCUT2D eigenvalue weighted by Gasteiger charge is 2.52. The summed E-state index contributed by atoms with van der Waals surface area (Å²) in [6.45, 7) is -0.117. The van der Waals surface area contributed by atoms with Crippen molar-refractivity contribution in [3.63, 3.8) is 0 Å². The molecule has 0 radical (unpaired) electrons. The van der Waals surface area contributed by atoms with Crippen LogP contribution in [0.2, 0.25) is 10.0 Å². The van der Waals surface area contributed by atoms with E-state index in [-0.39, 0.29) is 27.5 Å². The van der Waals surface area contributed by atoms with Gasteiger partial charge in [-0.25, -0.2) is 8.78 Å². The molecule has 0 aliphatic heterocycles. The summed E-state index contributed by atoms with van der Waals surface area (Å²) >= 11 is 11.7. The van der Waals surface area contributed by atoms with Gasteiger partial charge >= 0.3 is 12.4 Å². The first-order chi connectivity index (χ1) is 21.2. The van der Waals surface area contributed by atoms with E-state index in [0.29, 0.717) is 19.9 Å². The highest BCUT2D eigenvalue weighted by atomic mass is 35.5. The van der Waals surface area contributed by atoms with Gasteiger partial charge < -0.3 is 20.7 Å². The second-order valence-electron chi connectivity index (χ2n) is 10.1. The van der Waals surface area contributed by atoms with Gasteiger partial charge in [-0.05, 0) is 67.9 Å². The zero-order chi connectivity index (χ0) is 34.6. The minimum Gasteiger partial charge on any atom is -0.487 e. The molecule has 3 aromatic carbocycles. The van der Waals surface area contributed by atoms with Crippen molar-refractivity contribution in [3.8, 4) is 5.75 Å². The van der Waals surface area contributed by atoms with Gasteiger partial charge in [0.1, 0.15) is 17.8 Å². The Morgan fingerprint density at radius 2 is 1.35 bits per heavy atom. The number of carbonyl (C=O) groups excluding carboxylic acids is 3. The van der Waals surface area contributed by atoms with Gasteiger partial charge in [0.05, 0.1) is 26.7 Å². The summed E-state index contributed by atoms with van der Waals surface area (Å²) in [6, 6.07) is 9.59. The molecule has 0 aromatic heterocycles. The number of hydrogen-bond donors (Lipinski definition) is 3. The molecule has 0 heterocycles. The van der Waals surface area contributed by atoms with Gasteiger partial charge in [0.15, 0.2) is 0 Å². The van der Waals surface area contributed by atoms with E-state index in [0.717, 1.165) is 24.3 Å². The summed E-state index contributed by atoms with van der Waals surface area (Å²) in [6.07, 6.45) is -12.6. The van der Waals surface area contributed by atoms with Crippen LogP contribution < -0.4 is 20.7 Å². The van der Waals surface area contributed by atoms with Gasteiger partial charge in [-0.15, -0.1) is 0 Å². The van der Waals surface area contributed by atoms with Gasteiger partial charge in [0.2, 0.25) is 5.91 Å². The van der Waals surface area contributed by atoms with E-state index in [2.05, 4.69) is 16.0 Å². The fourth-order valence-electron chi connectivity index (χ4n) is 3.67. The topological polar surface area (TPSA) is 96.5 Å². The molecular formula is C29H23Cl2F8N3O4. The molecule has 0 spiro atoms. The van der Waals surface area contributed by atoms with E-state index in [4.69, 9.17) is 27.9 Å². The summed E-state index contributed by atoms with van der Waals surface area (Å²) in [4.78, 5) is 38.3. The molecule has 3 rings (SSSR count). The molecule has 0 unspecified atom stereocenters. The van der Waals surface area contributed by atoms with E-state index < -0.39 is 77.0 Å². The Hall–Kier alpha value is -4.11. The minimum atomic E-state index is -4.85. The van der Waals surface area contributed by atoms with Gasteiger partial charge in [0.25, 0.3) is 18.2 Å². The van der Waals surface area contributed by atoms with E-state index in [1.165, 1.54) is 24.3 Å². The van der Waals surface area contributed by atoms with E-state index in [9.17, 15) is 49.5 Å². The number of ether oxygens (including phenoxy) is 1. The number of nitrogens with one attached hydrogen (secondary N) is 3. The maximum Gasteiger partial charge on any atom is 0.417 e. The van der Waals surface area contributed by atoms with Crippen LogP contribution in [0, 0.1) is 5.41 Å². The van der Waals surface area contributed by atoms with Crippen LogP contribution in [-0.2, 0) is 17.5 Å². The Morgan fingerprint density at radius 3 is 1.93 bits per heavy atom. The second-order valence-corrected chi connectivity index (χ2v) is 10.9. The van der Waals surface area contributed by atoms with Gasteiger partial charge in [-0.2, -0.15) is 26.3 Å². The molecular weight excluding hydrogens is 677 g/mol. The summed E-state index contributed by atoms with van der Waals surface area (Å²) in [7, 11) is 0. The van der Waals surface area contributed by atoms with Crippen LogP contribution in [0.25, 0.3) is 0 Å². The third-order valence-electron chi connectivity index (χ3n) is 6.38. The maximum atomic E-state index is 13.3. The average Bonchev–Trinajstić information content (AvgIpc) is 2.95. The Bertz CT molecular complexity index is 1630. The number of rotatable bonds is 10. The fraction of sp³-hybridized carbons (Fsp3) is 0.276. The van der Waals surface area contributed by atoms with Crippen molar-refractivity contribution in [1.82, 2.24) is 5.32 Å². The quantitative estimate of drug-likeness (QED) is 0.185. The molecule has 0 saturated heterocycles. The fourth-order valence-corrected chi connectivity index (χ4v) is 4.10. The number of anilines is 2. The first-order valence-electron chi connectivity index (χ1n) is 12.9. The summed E-state index contributed by atoms with van der Waals surface area (Å²) in [5, 5.41) is 6.03. The van der Waals surface area contributed by atoms with Gasteiger partial charge in [0, 0.05) is 17.9 Å². The van der Waals surface area contributed by atoms with Crippen LogP contribution in [0.15, 0.2) is 54.6 Å². The Kier molecular flexibility index (Phi) is 11.2. The average molecular weight is 700 g/mol. The number of halogens is 10. The van der Waals surface area contributed by atoms with Crippen molar-refractivity contribution in [2.45, 2.75) is 39.2 Å². The van der Waals surface area contributed by atoms with Crippen molar-refractivity contribution in [2.75, 3.05) is 17.2 Å². The highest BCUT2D eigenvalue weighted by molar-refractivity contribution is 6.34. The first-order valence-corrected chi connectivity index (χ1v) is 13.6. The molecule has 17 heteroatoms. The first kappa shape index (κ1) is 36.4. The highest BCUT2D eigenvalue weighted by Crippen LogP contribution is 2.38. The summed E-state index contributed by atoms with van der Waals surface area (Å²) in [5.41, 5.74) is -4.81. The third kappa shape index (κ3) is 9.00. The largest absolute Gasteiger partial charge is 0.487 e. The number of alkyl halides is 8. The van der Waals surface area contributed by atoms with Crippen LogP contribution in [0.1, 0.15) is 45.7 Å². The lowest BCUT2D eigenvalue weighted by Crippen LogP contribution is -2.46. The van der Waals surface area contributed by atoms with Crippen molar-refractivity contribution >= 4 is 52.3 Å². The smallest absolute Gasteiger partial charge is 0.417 e. The SMILES string of the molecule is CC(C)(C(=O)NCc1ccc(Cl)c(C(=O)Nc2ccc(OCC(F)F)c(C(=O)Nc3ccc(Cl)c(C(F)(F)F)c3)c2)c1)C(F)(F)F. The molecule has 0 fully saturated rings. The number of hydrogen-bond acceptors (Lipinski definition) is 4. The van der Waals surface area contributed by atoms with Crippen molar-refractivity contribution in [1.29, 1.82) is 0 Å². The second kappa shape index (κ2) is 14.1. The third-order valence-corrected chi connectivity index (χ3v) is 7.04. The van der Waals surface area contributed by atoms with Gasteiger partial charge in [-0.1, -0.05) is 29.3 Å². The molecule has 3 aromatic rings. The standard InChI is InChI=1S/C29H23Cl2F8N3O4/c1-27(2,29(37,38)39)26(45)40-12-14-3-6-20(30)17(9-14)24(43)41-15-5-8-22(46-13-23(32)33)18(10-15)25(44)42-16-4-7-21(31)19(11-16)28(34,35)36/h3-11,23H,12-13H2,1-2H3,(H,40,45)(H,41,43)(H,42,44). The van der Waals surface area contributed by atoms with Crippen LogP contribution in [0.5, 0.6) is 5.75 Å². The molecule has 0 atom stereocenters.